The Morgan fingerprint density at radius 1 is 1.09 bits per heavy atom. The molecule has 0 bridgehead atoms. The van der Waals surface area contributed by atoms with Crippen molar-refractivity contribution in [2.75, 3.05) is 26.9 Å². The van der Waals surface area contributed by atoms with Crippen LogP contribution in [-0.4, -0.2) is 52.1 Å². The molecule has 0 radical (unpaired) electrons. The summed E-state index contributed by atoms with van der Waals surface area (Å²) < 4.78 is 45.0. The zero-order chi connectivity index (χ0) is 23.6. The number of fused-ring (bicyclic) bond motifs is 1. The highest BCUT2D eigenvalue weighted by Gasteiger charge is 2.32. The van der Waals surface area contributed by atoms with Crippen LogP contribution >= 0.6 is 0 Å². The molecule has 1 amide bonds. The third-order valence-electron chi connectivity index (χ3n) is 5.76. The van der Waals surface area contributed by atoms with Gasteiger partial charge in [-0.25, -0.2) is 13.1 Å². The molecule has 9 heteroatoms. The monoisotopic (exact) mass is 474 g/mol. The van der Waals surface area contributed by atoms with Gasteiger partial charge in [0.15, 0.2) is 11.5 Å². The fourth-order valence-corrected chi connectivity index (χ4v) is 5.75. The quantitative estimate of drug-likeness (QED) is 0.689. The molecule has 2 aromatic carbocycles. The first kappa shape index (κ1) is 23.4. The third-order valence-corrected chi connectivity index (χ3v) is 7.44. The van der Waals surface area contributed by atoms with Gasteiger partial charge in [-0.05, 0) is 62.6 Å². The van der Waals surface area contributed by atoms with E-state index in [9.17, 15) is 13.2 Å². The Morgan fingerprint density at radius 3 is 2.58 bits per heavy atom. The summed E-state index contributed by atoms with van der Waals surface area (Å²) in [7, 11) is -2.43. The van der Waals surface area contributed by atoms with Crippen LogP contribution in [0, 0.1) is 0 Å². The largest absolute Gasteiger partial charge is 0.495 e. The van der Waals surface area contributed by atoms with Crippen LogP contribution in [0.25, 0.3) is 0 Å². The summed E-state index contributed by atoms with van der Waals surface area (Å²) in [6, 6.07) is 9.95. The second-order valence-electron chi connectivity index (χ2n) is 8.55. The van der Waals surface area contributed by atoms with E-state index in [-0.39, 0.29) is 28.6 Å². The Balaban J connectivity index is 1.64. The molecule has 2 aromatic rings. The van der Waals surface area contributed by atoms with E-state index >= 15 is 0 Å². The lowest BCUT2D eigenvalue weighted by Crippen LogP contribution is -2.32. The zero-order valence-electron chi connectivity index (χ0n) is 19.2. The number of carbonyl (C=O) groups excluding carboxylic acids is 1. The van der Waals surface area contributed by atoms with E-state index in [0.717, 1.165) is 30.6 Å². The van der Waals surface area contributed by atoms with Gasteiger partial charge >= 0.3 is 0 Å². The van der Waals surface area contributed by atoms with Gasteiger partial charge in [-0.3, -0.25) is 4.79 Å². The van der Waals surface area contributed by atoms with Crippen molar-refractivity contribution in [2.24, 2.45) is 0 Å². The van der Waals surface area contributed by atoms with Gasteiger partial charge in [-0.2, -0.15) is 0 Å². The summed E-state index contributed by atoms with van der Waals surface area (Å²) in [5, 5.41) is 0. The van der Waals surface area contributed by atoms with Crippen LogP contribution in [0.4, 0.5) is 0 Å². The summed E-state index contributed by atoms with van der Waals surface area (Å²) in [6.45, 7) is 5.29. The molecule has 1 saturated heterocycles. The average Bonchev–Trinajstić information content (AvgIpc) is 3.16. The van der Waals surface area contributed by atoms with E-state index in [1.165, 1.54) is 19.2 Å². The van der Waals surface area contributed by atoms with Crippen molar-refractivity contribution < 1.29 is 27.4 Å². The fourth-order valence-electron chi connectivity index (χ4n) is 4.30. The molecule has 0 saturated carbocycles. The second kappa shape index (κ2) is 9.61. The van der Waals surface area contributed by atoms with Crippen molar-refractivity contribution in [3.05, 3.63) is 47.5 Å². The number of ether oxygens (including phenoxy) is 3. The van der Waals surface area contributed by atoms with E-state index in [2.05, 4.69) is 4.72 Å². The molecule has 33 heavy (non-hydrogen) atoms. The summed E-state index contributed by atoms with van der Waals surface area (Å²) in [5.74, 6) is 1.39. The van der Waals surface area contributed by atoms with Gasteiger partial charge in [0, 0.05) is 24.6 Å². The molecule has 4 rings (SSSR count). The highest BCUT2D eigenvalue weighted by Crippen LogP contribution is 2.39. The van der Waals surface area contributed by atoms with E-state index in [1.54, 1.807) is 24.8 Å². The molecule has 1 atom stereocenters. The molecule has 2 aliphatic rings. The predicted molar refractivity (Wildman–Crippen MR) is 124 cm³/mol. The van der Waals surface area contributed by atoms with Crippen LogP contribution in [0.1, 0.15) is 55.1 Å². The van der Waals surface area contributed by atoms with Crippen molar-refractivity contribution in [3.8, 4) is 17.2 Å². The van der Waals surface area contributed by atoms with Crippen LogP contribution in [0.3, 0.4) is 0 Å². The molecule has 1 N–H and O–H groups in total. The lowest BCUT2D eigenvalue weighted by atomic mass is 10.0. The van der Waals surface area contributed by atoms with Gasteiger partial charge in [0.1, 0.15) is 10.6 Å². The maximum absolute atomic E-state index is 13.5. The Labute approximate surface area is 194 Å². The van der Waals surface area contributed by atoms with E-state index < -0.39 is 10.0 Å². The van der Waals surface area contributed by atoms with Gasteiger partial charge in [0.25, 0.3) is 5.91 Å². The van der Waals surface area contributed by atoms with Crippen molar-refractivity contribution in [3.63, 3.8) is 0 Å². The summed E-state index contributed by atoms with van der Waals surface area (Å²) >= 11 is 0. The molecular weight excluding hydrogens is 444 g/mol. The molecule has 178 valence electrons. The van der Waals surface area contributed by atoms with Gasteiger partial charge < -0.3 is 19.1 Å². The number of benzene rings is 2. The van der Waals surface area contributed by atoms with Crippen molar-refractivity contribution in [1.82, 2.24) is 9.62 Å². The van der Waals surface area contributed by atoms with Crippen molar-refractivity contribution in [2.45, 2.75) is 50.1 Å². The molecule has 2 heterocycles. The minimum atomic E-state index is -3.84. The van der Waals surface area contributed by atoms with Crippen LogP contribution in [0.2, 0.25) is 0 Å². The van der Waals surface area contributed by atoms with Gasteiger partial charge in [0.2, 0.25) is 10.0 Å². The lowest BCUT2D eigenvalue weighted by molar-refractivity contribution is 0.0735. The number of methoxy groups -OCH3 is 1. The van der Waals surface area contributed by atoms with Crippen LogP contribution in [-0.2, 0) is 10.0 Å². The number of carbonyl (C=O) groups is 1. The Bertz CT molecular complexity index is 1130. The van der Waals surface area contributed by atoms with Gasteiger partial charge in [0.05, 0.1) is 26.4 Å². The molecule has 8 nitrogen and oxygen atoms in total. The zero-order valence-corrected chi connectivity index (χ0v) is 20.0. The number of likely N-dealkylation sites (tertiary alicyclic amines) is 1. The Kier molecular flexibility index (Phi) is 6.81. The number of hydrogen-bond donors (Lipinski definition) is 1. The van der Waals surface area contributed by atoms with E-state index in [1.807, 2.05) is 18.2 Å². The second-order valence-corrected chi connectivity index (χ2v) is 10.2. The predicted octanol–water partition coefficient (Wildman–Crippen LogP) is 3.52. The molecule has 0 aliphatic carbocycles. The Hall–Kier alpha value is -2.78. The molecule has 0 aromatic heterocycles. The third kappa shape index (κ3) is 4.94. The first-order chi connectivity index (χ1) is 15.8. The lowest BCUT2D eigenvalue weighted by Gasteiger charge is -2.26. The minimum absolute atomic E-state index is 0.0455. The average molecular weight is 475 g/mol. The number of sulfonamides is 1. The normalized spacial score (nSPS) is 18.3. The van der Waals surface area contributed by atoms with Crippen molar-refractivity contribution in [1.29, 1.82) is 0 Å². The van der Waals surface area contributed by atoms with E-state index in [4.69, 9.17) is 14.2 Å². The molecule has 1 fully saturated rings. The molecular formula is C24H30N2O6S. The highest BCUT2D eigenvalue weighted by molar-refractivity contribution is 7.89. The topological polar surface area (TPSA) is 94.2 Å². The smallest absolute Gasteiger partial charge is 0.254 e. The number of nitrogens with one attached hydrogen (secondary N) is 1. The summed E-state index contributed by atoms with van der Waals surface area (Å²) in [6.07, 6.45) is 2.51. The maximum Gasteiger partial charge on any atom is 0.254 e. The Morgan fingerprint density at radius 2 is 1.85 bits per heavy atom. The number of nitrogens with zero attached hydrogens (tertiary/aromatic N) is 1. The van der Waals surface area contributed by atoms with Gasteiger partial charge in [-0.1, -0.05) is 6.07 Å². The van der Waals surface area contributed by atoms with Crippen LogP contribution in [0.15, 0.2) is 41.3 Å². The maximum atomic E-state index is 13.5. The van der Waals surface area contributed by atoms with Crippen LogP contribution in [0.5, 0.6) is 17.2 Å². The van der Waals surface area contributed by atoms with Crippen LogP contribution < -0.4 is 18.9 Å². The van der Waals surface area contributed by atoms with Gasteiger partial charge in [-0.15, -0.1) is 0 Å². The van der Waals surface area contributed by atoms with Crippen molar-refractivity contribution >= 4 is 15.9 Å². The number of hydrogen-bond acceptors (Lipinski definition) is 6. The molecule has 1 unspecified atom stereocenters. The number of amides is 1. The summed E-state index contributed by atoms with van der Waals surface area (Å²) in [4.78, 5) is 15.2. The standard InChI is InChI=1S/C24H30N2O6S/c1-16(2)25-33(28,29)23-15-18(8-10-21(23)30-3)24(27)26-11-4-6-19(26)17-7-9-20-22(14-17)32-13-5-12-31-20/h7-10,14-16,19,25H,4-6,11-13H2,1-3H3. The first-order valence-electron chi connectivity index (χ1n) is 11.2. The minimum Gasteiger partial charge on any atom is -0.495 e. The summed E-state index contributed by atoms with van der Waals surface area (Å²) in [5.41, 5.74) is 1.29. The van der Waals surface area contributed by atoms with E-state index in [0.29, 0.717) is 31.1 Å². The SMILES string of the molecule is COc1ccc(C(=O)N2CCCC2c2ccc3c(c2)OCCCO3)cc1S(=O)(=O)NC(C)C. The first-order valence-corrected chi connectivity index (χ1v) is 12.7. The number of rotatable bonds is 6. The fraction of sp³-hybridized carbons (Fsp3) is 0.458. The highest BCUT2D eigenvalue weighted by atomic mass is 32.2. The molecule has 0 spiro atoms. The molecule has 2 aliphatic heterocycles.